The summed E-state index contributed by atoms with van der Waals surface area (Å²) in [6.07, 6.45) is 0. The summed E-state index contributed by atoms with van der Waals surface area (Å²) in [5.74, 6) is -1.54. The molecule has 0 radical (unpaired) electrons. The van der Waals surface area contributed by atoms with E-state index in [4.69, 9.17) is 9.47 Å². The molecule has 0 fully saturated rings. The molecule has 4 aromatic rings. The van der Waals surface area contributed by atoms with Gasteiger partial charge in [0.05, 0.1) is 19.8 Å². The lowest BCUT2D eigenvalue weighted by atomic mass is 9.94. The van der Waals surface area contributed by atoms with E-state index in [9.17, 15) is 13.6 Å². The molecule has 1 N–H and O–H groups in total. The van der Waals surface area contributed by atoms with Crippen LogP contribution in [0, 0.1) is 11.6 Å². The van der Waals surface area contributed by atoms with E-state index < -0.39 is 17.6 Å². The number of hydrogen-bond donors (Lipinski definition) is 1. The Morgan fingerprint density at radius 1 is 0.941 bits per heavy atom. The van der Waals surface area contributed by atoms with Crippen molar-refractivity contribution in [3.63, 3.8) is 0 Å². The molecule has 1 atom stereocenters. The molecule has 0 amide bonds. The molecule has 0 spiro atoms. The van der Waals surface area contributed by atoms with Crippen LogP contribution in [-0.2, 0) is 11.3 Å². The molecule has 4 aromatic carbocycles. The van der Waals surface area contributed by atoms with E-state index in [1.807, 2.05) is 37.3 Å². The molecule has 4 rings (SSSR count). The van der Waals surface area contributed by atoms with E-state index in [2.05, 4.69) is 11.4 Å². The van der Waals surface area contributed by atoms with Gasteiger partial charge in [0.15, 0.2) is 11.6 Å². The van der Waals surface area contributed by atoms with Gasteiger partial charge in [-0.05, 0) is 76.3 Å². The average molecular weight is 462 g/mol. The van der Waals surface area contributed by atoms with E-state index >= 15 is 0 Å². The highest BCUT2D eigenvalue weighted by atomic mass is 19.1. The van der Waals surface area contributed by atoms with Gasteiger partial charge < -0.3 is 14.8 Å². The van der Waals surface area contributed by atoms with E-state index in [1.54, 1.807) is 18.2 Å². The number of methoxy groups -OCH3 is 2. The molecule has 0 aliphatic heterocycles. The van der Waals surface area contributed by atoms with Gasteiger partial charge in [0.2, 0.25) is 0 Å². The number of rotatable bonds is 7. The van der Waals surface area contributed by atoms with Crippen LogP contribution in [0.2, 0.25) is 0 Å². The van der Waals surface area contributed by atoms with Gasteiger partial charge in [-0.1, -0.05) is 36.4 Å². The van der Waals surface area contributed by atoms with Crippen molar-refractivity contribution in [3.05, 3.63) is 101 Å². The van der Waals surface area contributed by atoms with Crippen molar-refractivity contribution < 1.29 is 23.0 Å². The first-order valence-corrected chi connectivity index (χ1v) is 10.9. The van der Waals surface area contributed by atoms with E-state index in [-0.39, 0.29) is 17.4 Å². The zero-order valence-corrected chi connectivity index (χ0v) is 19.2. The van der Waals surface area contributed by atoms with Gasteiger partial charge in [0, 0.05) is 12.6 Å². The van der Waals surface area contributed by atoms with Crippen LogP contribution >= 0.6 is 0 Å². The maximum Gasteiger partial charge on any atom is 0.340 e. The topological polar surface area (TPSA) is 47.6 Å². The normalized spacial score (nSPS) is 11.9. The van der Waals surface area contributed by atoms with Crippen molar-refractivity contribution in [2.24, 2.45) is 0 Å². The molecule has 0 saturated carbocycles. The highest BCUT2D eigenvalue weighted by Gasteiger charge is 2.16. The lowest BCUT2D eigenvalue weighted by molar-refractivity contribution is 0.0595. The minimum atomic E-state index is -0.718. The standard InChI is InChI=1S/C28H25F2NO3/c1-17(19-8-11-26(30)27(15-19)33-2)31-16-18-12-20-6-4-5-7-22(20)23(13-18)21-9-10-25(29)24(14-21)28(32)34-3/h4-15,17,31H,16H2,1-3H3. The lowest BCUT2D eigenvalue weighted by Gasteiger charge is -2.17. The maximum atomic E-state index is 14.2. The van der Waals surface area contributed by atoms with Crippen molar-refractivity contribution in [3.8, 4) is 16.9 Å². The first kappa shape index (κ1) is 23.4. The average Bonchev–Trinajstić information content (AvgIpc) is 2.86. The summed E-state index contributed by atoms with van der Waals surface area (Å²) in [5.41, 5.74) is 3.41. The highest BCUT2D eigenvalue weighted by molar-refractivity contribution is 5.99. The highest BCUT2D eigenvalue weighted by Crippen LogP contribution is 2.32. The Kier molecular flexibility index (Phi) is 6.89. The first-order valence-electron chi connectivity index (χ1n) is 10.9. The van der Waals surface area contributed by atoms with Crippen molar-refractivity contribution in [1.29, 1.82) is 0 Å². The van der Waals surface area contributed by atoms with Crippen molar-refractivity contribution in [2.75, 3.05) is 14.2 Å². The summed E-state index contributed by atoms with van der Waals surface area (Å²) in [4.78, 5) is 12.0. The molecule has 4 nitrogen and oxygen atoms in total. The summed E-state index contributed by atoms with van der Waals surface area (Å²) in [6.45, 7) is 2.54. The van der Waals surface area contributed by atoms with Crippen molar-refractivity contribution in [2.45, 2.75) is 19.5 Å². The van der Waals surface area contributed by atoms with Crippen LogP contribution < -0.4 is 10.1 Å². The van der Waals surface area contributed by atoms with Gasteiger partial charge in [0.25, 0.3) is 0 Å². The minimum Gasteiger partial charge on any atom is -0.494 e. The van der Waals surface area contributed by atoms with E-state index in [0.717, 1.165) is 33.0 Å². The van der Waals surface area contributed by atoms with Gasteiger partial charge in [0.1, 0.15) is 5.82 Å². The van der Waals surface area contributed by atoms with Crippen molar-refractivity contribution >= 4 is 16.7 Å². The maximum absolute atomic E-state index is 14.2. The van der Waals surface area contributed by atoms with Gasteiger partial charge >= 0.3 is 5.97 Å². The van der Waals surface area contributed by atoms with Gasteiger partial charge in [-0.2, -0.15) is 0 Å². The predicted molar refractivity (Wildman–Crippen MR) is 129 cm³/mol. The number of esters is 1. The number of nitrogens with one attached hydrogen (secondary N) is 1. The number of halogens is 2. The fourth-order valence-electron chi connectivity index (χ4n) is 4.01. The third-order valence-electron chi connectivity index (χ3n) is 5.89. The van der Waals surface area contributed by atoms with Crippen LogP contribution in [0.1, 0.15) is 34.5 Å². The monoisotopic (exact) mass is 461 g/mol. The smallest absolute Gasteiger partial charge is 0.340 e. The number of carbonyl (C=O) groups is 1. The minimum absolute atomic E-state index is 0.0545. The predicted octanol–water partition coefficient (Wildman–Crippen LogP) is 6.43. The number of benzene rings is 4. The van der Waals surface area contributed by atoms with Gasteiger partial charge in [-0.15, -0.1) is 0 Å². The molecule has 0 aliphatic rings. The molecule has 0 aromatic heterocycles. The van der Waals surface area contributed by atoms with Crippen LogP contribution in [0.25, 0.3) is 21.9 Å². The zero-order valence-electron chi connectivity index (χ0n) is 19.2. The summed E-state index contributed by atoms with van der Waals surface area (Å²) >= 11 is 0. The molecule has 0 bridgehead atoms. The molecule has 0 aliphatic carbocycles. The third kappa shape index (κ3) is 4.77. The molecule has 174 valence electrons. The van der Waals surface area contributed by atoms with E-state index in [0.29, 0.717) is 6.54 Å². The Morgan fingerprint density at radius 2 is 1.71 bits per heavy atom. The van der Waals surface area contributed by atoms with Crippen LogP contribution in [-0.4, -0.2) is 20.2 Å². The number of hydrogen-bond acceptors (Lipinski definition) is 4. The van der Waals surface area contributed by atoms with Crippen LogP contribution in [0.15, 0.2) is 72.8 Å². The van der Waals surface area contributed by atoms with Gasteiger partial charge in [-0.3, -0.25) is 0 Å². The van der Waals surface area contributed by atoms with Crippen LogP contribution in [0.3, 0.4) is 0 Å². The summed E-state index contributed by atoms with van der Waals surface area (Å²) in [5, 5.41) is 5.48. The second kappa shape index (κ2) is 10.0. The zero-order chi connectivity index (χ0) is 24.2. The molecule has 1 unspecified atom stereocenters. The number of ether oxygens (including phenoxy) is 2. The largest absolute Gasteiger partial charge is 0.494 e. The fraction of sp³-hybridized carbons (Fsp3) is 0.179. The molecular formula is C28H25F2NO3. The number of fused-ring (bicyclic) bond motifs is 1. The summed E-state index contributed by atoms with van der Waals surface area (Å²) in [7, 11) is 2.67. The Balaban J connectivity index is 1.68. The van der Waals surface area contributed by atoms with E-state index in [1.165, 1.54) is 32.4 Å². The Labute approximate surface area is 197 Å². The Morgan fingerprint density at radius 3 is 2.47 bits per heavy atom. The van der Waals surface area contributed by atoms with Crippen LogP contribution in [0.4, 0.5) is 8.78 Å². The molecule has 34 heavy (non-hydrogen) atoms. The quantitative estimate of drug-likeness (QED) is 0.322. The second-order valence-electron chi connectivity index (χ2n) is 8.05. The second-order valence-corrected chi connectivity index (χ2v) is 8.05. The Hall–Kier alpha value is -3.77. The first-order chi connectivity index (χ1) is 16.4. The van der Waals surface area contributed by atoms with Crippen molar-refractivity contribution in [1.82, 2.24) is 5.32 Å². The SMILES string of the molecule is COC(=O)c1cc(-c2cc(CNC(C)c3ccc(F)c(OC)c3)cc3ccccc23)ccc1F. The molecular weight excluding hydrogens is 436 g/mol. The molecule has 0 saturated heterocycles. The molecule has 0 heterocycles. The summed E-state index contributed by atoms with van der Waals surface area (Å²) < 4.78 is 37.8. The lowest BCUT2D eigenvalue weighted by Crippen LogP contribution is -2.18. The number of carbonyl (C=O) groups excluding carboxylic acids is 1. The molecule has 6 heteroatoms. The summed E-state index contributed by atoms with van der Waals surface area (Å²) in [6, 6.07) is 21.3. The third-order valence-corrected chi connectivity index (χ3v) is 5.89. The van der Waals surface area contributed by atoms with Crippen LogP contribution in [0.5, 0.6) is 5.75 Å². The van der Waals surface area contributed by atoms with Gasteiger partial charge in [-0.25, -0.2) is 13.6 Å². The fourth-order valence-corrected chi connectivity index (χ4v) is 4.01. The Bertz CT molecular complexity index is 1350.